The number of carbonyl (C=O) groups excluding carboxylic acids is 1. The largest absolute Gasteiger partial charge is 0.454 e. The number of hydrogen-bond donors (Lipinski definition) is 0. The van der Waals surface area contributed by atoms with Gasteiger partial charge in [-0.1, -0.05) is 11.6 Å². The highest BCUT2D eigenvalue weighted by Gasteiger charge is 2.40. The van der Waals surface area contributed by atoms with Crippen LogP contribution in [-0.2, 0) is 4.79 Å². The zero-order valence-corrected chi connectivity index (χ0v) is 6.39. The Morgan fingerprint density at radius 3 is 1.62 bits per heavy atom. The molecule has 0 saturated heterocycles. The Balaban J connectivity index is 4.70. The average Bonchev–Trinajstić information content (AvgIpc) is 1.82. The minimum absolute atomic E-state index is 0.707. The van der Waals surface area contributed by atoms with Gasteiger partial charge in [-0.15, -0.1) is 0 Å². The van der Waals surface area contributed by atoms with Gasteiger partial charge >= 0.3 is 12.4 Å². The van der Waals surface area contributed by atoms with Crippen molar-refractivity contribution in [3.8, 4) is 0 Å². The quantitative estimate of drug-likeness (QED) is 0.496. The summed E-state index contributed by atoms with van der Waals surface area (Å²) in [6.07, 6.45) is -11.2. The zero-order chi connectivity index (χ0) is 10.9. The van der Waals surface area contributed by atoms with Crippen molar-refractivity contribution in [1.82, 2.24) is 0 Å². The van der Waals surface area contributed by atoms with Gasteiger partial charge in [0.15, 0.2) is 0 Å². The molecule has 0 amide bonds. The van der Waals surface area contributed by atoms with Gasteiger partial charge < -0.3 is 0 Å². The van der Waals surface area contributed by atoms with Crippen LogP contribution in [0.5, 0.6) is 0 Å². The van der Waals surface area contributed by atoms with Gasteiger partial charge in [0, 0.05) is 6.08 Å². The standard InChI is InChI=1S/C5HClF6O/c6-2(4(7,8)9)1-3(13)5(10,11)12/h1H. The van der Waals surface area contributed by atoms with Crippen LogP contribution >= 0.6 is 11.6 Å². The summed E-state index contributed by atoms with van der Waals surface area (Å²) in [6.45, 7) is 0. The normalized spacial score (nSPS) is 14.5. The first-order chi connectivity index (χ1) is 5.55. The SMILES string of the molecule is O=C(C=C(Cl)C(F)(F)F)C(F)(F)F. The number of halogens is 7. The Kier molecular flexibility index (Phi) is 3.37. The number of allylic oxidation sites excluding steroid dienone is 2. The molecule has 76 valence electrons. The summed E-state index contributed by atoms with van der Waals surface area (Å²) < 4.78 is 68.6. The molecule has 0 aromatic carbocycles. The van der Waals surface area contributed by atoms with Crippen molar-refractivity contribution in [2.75, 3.05) is 0 Å². The summed E-state index contributed by atoms with van der Waals surface area (Å²) in [5.74, 6) is -2.64. The smallest absolute Gasteiger partial charge is 0.285 e. The van der Waals surface area contributed by atoms with Gasteiger partial charge in [0.25, 0.3) is 5.78 Å². The molecule has 0 aromatic rings. The molecule has 0 saturated carbocycles. The fourth-order valence-electron chi connectivity index (χ4n) is 0.279. The Hall–Kier alpha value is -0.720. The molecule has 8 heteroatoms. The molecule has 0 bridgehead atoms. The van der Waals surface area contributed by atoms with E-state index in [1.54, 1.807) is 0 Å². The van der Waals surface area contributed by atoms with Gasteiger partial charge in [-0.05, 0) is 0 Å². The van der Waals surface area contributed by atoms with E-state index in [-0.39, 0.29) is 0 Å². The lowest BCUT2D eigenvalue weighted by Gasteiger charge is -2.04. The van der Waals surface area contributed by atoms with Gasteiger partial charge in [0.2, 0.25) is 0 Å². The predicted molar refractivity (Wildman–Crippen MR) is 31.1 cm³/mol. The number of alkyl halides is 6. The van der Waals surface area contributed by atoms with E-state index < -0.39 is 29.2 Å². The minimum Gasteiger partial charge on any atom is -0.285 e. The van der Waals surface area contributed by atoms with Gasteiger partial charge in [-0.25, -0.2) is 0 Å². The lowest BCUT2D eigenvalue weighted by molar-refractivity contribution is -0.165. The van der Waals surface area contributed by atoms with Crippen molar-refractivity contribution >= 4 is 17.4 Å². The first-order valence-corrected chi connectivity index (χ1v) is 2.98. The summed E-state index contributed by atoms with van der Waals surface area (Å²) in [5, 5.41) is -2.10. The van der Waals surface area contributed by atoms with Crippen molar-refractivity contribution < 1.29 is 31.1 Å². The first kappa shape index (κ1) is 12.3. The maximum Gasteiger partial charge on any atom is 0.454 e. The Morgan fingerprint density at radius 1 is 1.00 bits per heavy atom. The third-order valence-corrected chi connectivity index (χ3v) is 1.13. The van der Waals surface area contributed by atoms with E-state index in [0.717, 1.165) is 0 Å². The van der Waals surface area contributed by atoms with Crippen molar-refractivity contribution in [3.63, 3.8) is 0 Å². The summed E-state index contributed by atoms with van der Waals surface area (Å²) in [4.78, 5) is 9.94. The number of ketones is 1. The molecular formula is C5HClF6O. The lowest BCUT2D eigenvalue weighted by atomic mass is 10.3. The van der Waals surface area contributed by atoms with Crippen LogP contribution in [-0.4, -0.2) is 18.1 Å². The van der Waals surface area contributed by atoms with Crippen molar-refractivity contribution in [2.24, 2.45) is 0 Å². The second-order valence-electron chi connectivity index (χ2n) is 1.85. The van der Waals surface area contributed by atoms with Gasteiger partial charge in [-0.3, -0.25) is 4.79 Å². The Bertz CT molecular complexity index is 236. The topological polar surface area (TPSA) is 17.1 Å². The average molecular weight is 227 g/mol. The molecule has 0 fully saturated rings. The lowest BCUT2D eigenvalue weighted by Crippen LogP contribution is -2.22. The summed E-state index contributed by atoms with van der Waals surface area (Å²) in [7, 11) is 0. The molecule has 0 radical (unpaired) electrons. The highest BCUT2D eigenvalue weighted by Crippen LogP contribution is 2.29. The van der Waals surface area contributed by atoms with Crippen LogP contribution in [0.25, 0.3) is 0 Å². The monoisotopic (exact) mass is 226 g/mol. The van der Waals surface area contributed by atoms with E-state index >= 15 is 0 Å². The third kappa shape index (κ3) is 4.16. The minimum atomic E-state index is -5.34. The van der Waals surface area contributed by atoms with Gasteiger partial charge in [0.05, 0.1) is 0 Å². The fraction of sp³-hybridized carbons (Fsp3) is 0.400. The molecule has 13 heavy (non-hydrogen) atoms. The molecule has 0 atom stereocenters. The zero-order valence-electron chi connectivity index (χ0n) is 5.63. The second-order valence-corrected chi connectivity index (χ2v) is 2.26. The molecule has 0 aliphatic carbocycles. The van der Waals surface area contributed by atoms with Gasteiger partial charge in [-0.2, -0.15) is 26.3 Å². The molecule has 1 nitrogen and oxygen atoms in total. The molecule has 0 aliphatic heterocycles. The fourth-order valence-corrected chi connectivity index (χ4v) is 0.378. The molecule has 0 aliphatic rings. The van der Waals surface area contributed by atoms with Crippen LogP contribution < -0.4 is 0 Å². The van der Waals surface area contributed by atoms with E-state index in [9.17, 15) is 31.1 Å². The number of carbonyl (C=O) groups is 1. The van der Waals surface area contributed by atoms with E-state index in [2.05, 4.69) is 11.6 Å². The van der Waals surface area contributed by atoms with Crippen LogP contribution in [0.1, 0.15) is 0 Å². The molecule has 0 spiro atoms. The summed E-state index contributed by atoms with van der Waals surface area (Å²) in [5.41, 5.74) is 0. The van der Waals surface area contributed by atoms with E-state index in [0.29, 0.717) is 0 Å². The highest BCUT2D eigenvalue weighted by atomic mass is 35.5. The van der Waals surface area contributed by atoms with Crippen LogP contribution in [0.2, 0.25) is 0 Å². The first-order valence-electron chi connectivity index (χ1n) is 2.60. The van der Waals surface area contributed by atoms with Gasteiger partial charge in [0.1, 0.15) is 5.03 Å². The number of hydrogen-bond acceptors (Lipinski definition) is 1. The molecule has 0 N–H and O–H groups in total. The Morgan fingerprint density at radius 2 is 1.38 bits per heavy atom. The molecule has 0 heterocycles. The van der Waals surface area contributed by atoms with Crippen molar-refractivity contribution in [1.29, 1.82) is 0 Å². The maximum atomic E-state index is 11.5. The van der Waals surface area contributed by atoms with Crippen molar-refractivity contribution in [2.45, 2.75) is 12.4 Å². The van der Waals surface area contributed by atoms with E-state index in [4.69, 9.17) is 0 Å². The maximum absolute atomic E-state index is 11.5. The molecule has 0 unspecified atom stereocenters. The molecule has 0 aromatic heterocycles. The van der Waals surface area contributed by atoms with Crippen LogP contribution in [0.3, 0.4) is 0 Å². The molecule has 0 rings (SSSR count). The van der Waals surface area contributed by atoms with Crippen LogP contribution in [0.4, 0.5) is 26.3 Å². The summed E-state index contributed by atoms with van der Waals surface area (Å²) >= 11 is 4.37. The van der Waals surface area contributed by atoms with Crippen LogP contribution in [0.15, 0.2) is 11.1 Å². The molecular weight excluding hydrogens is 225 g/mol. The van der Waals surface area contributed by atoms with Crippen LogP contribution in [0, 0.1) is 0 Å². The third-order valence-electron chi connectivity index (χ3n) is 0.808. The second kappa shape index (κ2) is 3.57. The van der Waals surface area contributed by atoms with E-state index in [1.807, 2.05) is 0 Å². The van der Waals surface area contributed by atoms with E-state index in [1.165, 1.54) is 0 Å². The summed E-state index contributed by atoms with van der Waals surface area (Å²) in [6, 6.07) is 0. The highest BCUT2D eigenvalue weighted by molar-refractivity contribution is 6.32. The predicted octanol–water partition coefficient (Wildman–Crippen LogP) is 2.80. The Labute approximate surface area is 73.0 Å². The van der Waals surface area contributed by atoms with Crippen molar-refractivity contribution in [3.05, 3.63) is 11.1 Å². The number of rotatable bonds is 1.